The monoisotopic (exact) mass is 387 g/mol. The average Bonchev–Trinajstić information content (AvgIpc) is 2.71. The number of nitrogens with one attached hydrogen (secondary N) is 2. The topological polar surface area (TPSA) is 63.2 Å². The number of pyridine rings is 1. The lowest BCUT2D eigenvalue weighted by Crippen LogP contribution is -2.45. The van der Waals surface area contributed by atoms with Gasteiger partial charge in [-0.3, -0.25) is 4.98 Å². The molecule has 0 fully saturated rings. The molecular formula is C24H25N3O2. The second-order valence-corrected chi connectivity index (χ2v) is 8.11. The maximum Gasteiger partial charge on any atom is 0.319 e. The van der Waals surface area contributed by atoms with E-state index in [0.717, 1.165) is 33.8 Å². The first-order chi connectivity index (χ1) is 13.9. The SMILES string of the molecule is Cc1cc(-c2ccc(NC(=O)N[C@H]3c4ccccc4OCC3(C)C)cc2)ccn1. The Hall–Kier alpha value is -3.34. The van der Waals surface area contributed by atoms with Crippen molar-refractivity contribution in [2.24, 2.45) is 5.41 Å². The summed E-state index contributed by atoms with van der Waals surface area (Å²) < 4.78 is 5.86. The minimum Gasteiger partial charge on any atom is -0.493 e. The summed E-state index contributed by atoms with van der Waals surface area (Å²) in [6.45, 7) is 6.72. The van der Waals surface area contributed by atoms with Crippen LogP contribution in [0.5, 0.6) is 5.75 Å². The van der Waals surface area contributed by atoms with Crippen molar-refractivity contribution < 1.29 is 9.53 Å². The van der Waals surface area contributed by atoms with Crippen molar-refractivity contribution in [3.8, 4) is 16.9 Å². The number of benzene rings is 2. The van der Waals surface area contributed by atoms with Crippen LogP contribution in [0.4, 0.5) is 10.5 Å². The summed E-state index contributed by atoms with van der Waals surface area (Å²) in [5.41, 5.74) is 4.70. The third kappa shape index (κ3) is 4.09. The number of hydrogen-bond acceptors (Lipinski definition) is 3. The summed E-state index contributed by atoms with van der Waals surface area (Å²) in [6, 6.07) is 19.3. The Morgan fingerprint density at radius 3 is 2.59 bits per heavy atom. The van der Waals surface area contributed by atoms with Gasteiger partial charge >= 0.3 is 6.03 Å². The molecule has 2 heterocycles. The summed E-state index contributed by atoms with van der Waals surface area (Å²) in [5, 5.41) is 6.07. The molecule has 1 aliphatic rings. The Balaban J connectivity index is 1.47. The quantitative estimate of drug-likeness (QED) is 0.638. The van der Waals surface area contributed by atoms with Crippen LogP contribution in [-0.2, 0) is 0 Å². The number of rotatable bonds is 3. The fourth-order valence-corrected chi connectivity index (χ4v) is 3.66. The van der Waals surface area contributed by atoms with Gasteiger partial charge in [0.2, 0.25) is 0 Å². The predicted molar refractivity (Wildman–Crippen MR) is 115 cm³/mol. The third-order valence-electron chi connectivity index (χ3n) is 5.26. The fourth-order valence-electron chi connectivity index (χ4n) is 3.66. The Labute approximate surface area is 171 Å². The van der Waals surface area contributed by atoms with E-state index < -0.39 is 0 Å². The van der Waals surface area contributed by atoms with Crippen LogP contribution in [0.25, 0.3) is 11.1 Å². The molecule has 2 amide bonds. The highest BCUT2D eigenvalue weighted by Crippen LogP contribution is 2.42. The van der Waals surface area contributed by atoms with E-state index in [1.54, 1.807) is 6.20 Å². The summed E-state index contributed by atoms with van der Waals surface area (Å²) >= 11 is 0. The minimum absolute atomic E-state index is 0.133. The molecule has 1 aliphatic heterocycles. The number of amides is 2. The summed E-state index contributed by atoms with van der Waals surface area (Å²) in [7, 11) is 0. The van der Waals surface area contributed by atoms with E-state index in [1.165, 1.54) is 0 Å². The van der Waals surface area contributed by atoms with Crippen molar-refractivity contribution in [3.63, 3.8) is 0 Å². The van der Waals surface area contributed by atoms with Gasteiger partial charge in [0, 0.05) is 28.6 Å². The molecule has 2 N–H and O–H groups in total. The van der Waals surface area contributed by atoms with Crippen LogP contribution in [0.2, 0.25) is 0 Å². The molecule has 5 heteroatoms. The molecule has 0 saturated heterocycles. The van der Waals surface area contributed by atoms with Gasteiger partial charge in [-0.2, -0.15) is 0 Å². The van der Waals surface area contributed by atoms with Crippen LogP contribution in [0, 0.1) is 12.3 Å². The first kappa shape index (κ1) is 19.0. The summed E-state index contributed by atoms with van der Waals surface area (Å²) in [5.74, 6) is 0.828. The highest BCUT2D eigenvalue weighted by molar-refractivity contribution is 5.90. The van der Waals surface area contributed by atoms with Crippen molar-refractivity contribution in [1.29, 1.82) is 0 Å². The number of anilines is 1. The van der Waals surface area contributed by atoms with Gasteiger partial charge < -0.3 is 15.4 Å². The largest absolute Gasteiger partial charge is 0.493 e. The Bertz CT molecular complexity index is 1030. The number of fused-ring (bicyclic) bond motifs is 1. The predicted octanol–water partition coefficient (Wildman–Crippen LogP) is 5.34. The molecule has 0 unspecified atom stereocenters. The zero-order valence-electron chi connectivity index (χ0n) is 16.9. The molecule has 0 aliphatic carbocycles. The van der Waals surface area contributed by atoms with Gasteiger partial charge in [-0.1, -0.05) is 44.2 Å². The number of ether oxygens (including phenoxy) is 1. The second kappa shape index (κ2) is 7.59. The van der Waals surface area contributed by atoms with Crippen LogP contribution in [0.3, 0.4) is 0 Å². The van der Waals surface area contributed by atoms with E-state index in [0.29, 0.717) is 6.61 Å². The minimum atomic E-state index is -0.229. The van der Waals surface area contributed by atoms with Crippen molar-refractivity contribution in [3.05, 3.63) is 78.1 Å². The molecule has 0 saturated carbocycles. The highest BCUT2D eigenvalue weighted by Gasteiger charge is 2.38. The zero-order chi connectivity index (χ0) is 20.4. The molecule has 5 nitrogen and oxygen atoms in total. The highest BCUT2D eigenvalue weighted by atomic mass is 16.5. The number of nitrogens with zero attached hydrogens (tertiary/aromatic N) is 1. The molecule has 1 atom stereocenters. The number of carbonyl (C=O) groups is 1. The number of urea groups is 1. The van der Waals surface area contributed by atoms with E-state index in [4.69, 9.17) is 4.74 Å². The van der Waals surface area contributed by atoms with E-state index in [1.807, 2.05) is 67.6 Å². The number of carbonyl (C=O) groups excluding carboxylic acids is 1. The first-order valence-corrected chi connectivity index (χ1v) is 9.75. The Kier molecular flexibility index (Phi) is 4.97. The molecule has 0 spiro atoms. The zero-order valence-corrected chi connectivity index (χ0v) is 16.9. The lowest BCUT2D eigenvalue weighted by molar-refractivity contribution is 0.108. The maximum absolute atomic E-state index is 12.7. The van der Waals surface area contributed by atoms with Crippen molar-refractivity contribution in [1.82, 2.24) is 10.3 Å². The van der Waals surface area contributed by atoms with Crippen LogP contribution < -0.4 is 15.4 Å². The Morgan fingerprint density at radius 1 is 1.07 bits per heavy atom. The van der Waals surface area contributed by atoms with Crippen LogP contribution >= 0.6 is 0 Å². The van der Waals surface area contributed by atoms with Gasteiger partial charge in [0.1, 0.15) is 5.75 Å². The van der Waals surface area contributed by atoms with Crippen LogP contribution in [0.15, 0.2) is 66.9 Å². The van der Waals surface area contributed by atoms with Crippen molar-refractivity contribution in [2.75, 3.05) is 11.9 Å². The molecule has 0 radical (unpaired) electrons. The standard InChI is InChI=1S/C24H25N3O2/c1-16-14-18(12-13-25-16)17-8-10-19(11-9-17)26-23(28)27-22-20-6-4-5-7-21(20)29-15-24(22,2)3/h4-14,22H,15H2,1-3H3,(H2,26,27,28)/t22-/m0/s1. The summed E-state index contributed by atoms with van der Waals surface area (Å²) in [4.78, 5) is 16.9. The van der Waals surface area contributed by atoms with Crippen LogP contribution in [-0.4, -0.2) is 17.6 Å². The lowest BCUT2D eigenvalue weighted by Gasteiger charge is -2.39. The van der Waals surface area contributed by atoms with Gasteiger partial charge in [-0.05, 0) is 48.4 Å². The van der Waals surface area contributed by atoms with E-state index >= 15 is 0 Å². The average molecular weight is 387 g/mol. The van der Waals surface area contributed by atoms with Gasteiger partial charge in [0.25, 0.3) is 0 Å². The normalized spacial score (nSPS) is 17.0. The van der Waals surface area contributed by atoms with Gasteiger partial charge in [-0.15, -0.1) is 0 Å². The number of hydrogen-bond donors (Lipinski definition) is 2. The van der Waals surface area contributed by atoms with Crippen molar-refractivity contribution >= 4 is 11.7 Å². The molecule has 2 aromatic carbocycles. The van der Waals surface area contributed by atoms with Crippen molar-refractivity contribution in [2.45, 2.75) is 26.8 Å². The Morgan fingerprint density at radius 2 is 1.83 bits per heavy atom. The molecular weight excluding hydrogens is 362 g/mol. The number of para-hydroxylation sites is 1. The molecule has 148 valence electrons. The number of aryl methyl sites for hydroxylation is 1. The number of aromatic nitrogens is 1. The molecule has 0 bridgehead atoms. The van der Waals surface area contributed by atoms with E-state index in [2.05, 4.69) is 29.5 Å². The fraction of sp³-hybridized carbons (Fsp3) is 0.250. The third-order valence-corrected chi connectivity index (χ3v) is 5.26. The smallest absolute Gasteiger partial charge is 0.319 e. The van der Waals surface area contributed by atoms with Gasteiger partial charge in [-0.25, -0.2) is 4.79 Å². The molecule has 3 aromatic rings. The van der Waals surface area contributed by atoms with Gasteiger partial charge in [0.05, 0.1) is 12.6 Å². The van der Waals surface area contributed by atoms with Gasteiger partial charge in [0.15, 0.2) is 0 Å². The molecule has 29 heavy (non-hydrogen) atoms. The molecule has 4 rings (SSSR count). The molecule has 1 aromatic heterocycles. The second-order valence-electron chi connectivity index (χ2n) is 8.11. The maximum atomic E-state index is 12.7. The van der Waals surface area contributed by atoms with Crippen LogP contribution in [0.1, 0.15) is 31.1 Å². The van der Waals surface area contributed by atoms with E-state index in [-0.39, 0.29) is 17.5 Å². The lowest BCUT2D eigenvalue weighted by atomic mass is 9.79. The first-order valence-electron chi connectivity index (χ1n) is 9.75. The van der Waals surface area contributed by atoms with E-state index in [9.17, 15) is 4.79 Å². The summed E-state index contributed by atoms with van der Waals surface area (Å²) in [6.07, 6.45) is 1.80.